The fraction of sp³-hybridized carbons (Fsp3) is 0.909. The summed E-state index contributed by atoms with van der Waals surface area (Å²) in [5, 5.41) is 8.48. The monoisotopic (exact) mass is 211 g/mol. The van der Waals surface area contributed by atoms with Crippen LogP contribution in [0.3, 0.4) is 0 Å². The van der Waals surface area contributed by atoms with E-state index < -0.39 is 0 Å². The van der Waals surface area contributed by atoms with Crippen LogP contribution in [0.5, 0.6) is 0 Å². The summed E-state index contributed by atoms with van der Waals surface area (Å²) < 4.78 is 5.69. The number of nitriles is 1. The number of likely N-dealkylation sites (N-methyl/N-ethyl adjacent to an activating group) is 2. The number of ether oxygens (including phenoxy) is 1. The highest BCUT2D eigenvalue weighted by Gasteiger charge is 2.20. The molecule has 0 aliphatic carbocycles. The van der Waals surface area contributed by atoms with Crippen LogP contribution in [0, 0.1) is 11.3 Å². The van der Waals surface area contributed by atoms with Crippen molar-refractivity contribution in [3.8, 4) is 6.07 Å². The third-order valence-corrected chi connectivity index (χ3v) is 2.79. The van der Waals surface area contributed by atoms with Crippen molar-refractivity contribution in [2.75, 3.05) is 46.4 Å². The van der Waals surface area contributed by atoms with Crippen LogP contribution < -0.4 is 0 Å². The molecule has 1 atom stereocenters. The average Bonchev–Trinajstić information content (AvgIpc) is 2.26. The van der Waals surface area contributed by atoms with Crippen molar-refractivity contribution in [3.63, 3.8) is 0 Å². The molecule has 0 aromatic rings. The second-order valence-electron chi connectivity index (χ2n) is 4.06. The van der Waals surface area contributed by atoms with Crippen molar-refractivity contribution >= 4 is 0 Å². The first-order valence-corrected chi connectivity index (χ1v) is 5.65. The summed E-state index contributed by atoms with van der Waals surface area (Å²) >= 11 is 0. The Labute approximate surface area is 92.4 Å². The van der Waals surface area contributed by atoms with Gasteiger partial charge >= 0.3 is 0 Å². The standard InChI is InChI=1S/C11H21N3O/c1-3-14-7-8-15-11(10-14)9-13(2)6-4-5-12/h11H,3-4,6-10H2,1-2H3. The minimum Gasteiger partial charge on any atom is -0.374 e. The molecule has 1 fully saturated rings. The zero-order valence-electron chi connectivity index (χ0n) is 9.78. The summed E-state index contributed by atoms with van der Waals surface area (Å²) in [7, 11) is 2.05. The lowest BCUT2D eigenvalue weighted by Gasteiger charge is -2.34. The molecule has 1 aliphatic heterocycles. The van der Waals surface area contributed by atoms with Crippen LogP contribution >= 0.6 is 0 Å². The van der Waals surface area contributed by atoms with Gasteiger partial charge in [0, 0.05) is 32.6 Å². The van der Waals surface area contributed by atoms with E-state index in [0.717, 1.165) is 39.3 Å². The van der Waals surface area contributed by atoms with Crippen molar-refractivity contribution in [3.05, 3.63) is 0 Å². The Hall–Kier alpha value is -0.630. The molecule has 1 aliphatic rings. The van der Waals surface area contributed by atoms with Crippen LogP contribution in [0.25, 0.3) is 0 Å². The lowest BCUT2D eigenvalue weighted by Crippen LogP contribution is -2.46. The summed E-state index contributed by atoms with van der Waals surface area (Å²) in [5.41, 5.74) is 0. The second kappa shape index (κ2) is 6.78. The van der Waals surface area contributed by atoms with Crippen molar-refractivity contribution in [1.82, 2.24) is 9.80 Å². The first kappa shape index (κ1) is 12.4. The van der Waals surface area contributed by atoms with Gasteiger partial charge in [0.05, 0.1) is 18.8 Å². The molecule has 4 nitrogen and oxygen atoms in total. The molecular weight excluding hydrogens is 190 g/mol. The van der Waals surface area contributed by atoms with Crippen LogP contribution in [0.4, 0.5) is 0 Å². The molecule has 86 valence electrons. The third kappa shape index (κ3) is 4.61. The van der Waals surface area contributed by atoms with Gasteiger partial charge in [-0.3, -0.25) is 4.90 Å². The molecule has 0 spiro atoms. The molecule has 0 amide bonds. The smallest absolute Gasteiger partial charge is 0.0829 e. The molecule has 0 aromatic carbocycles. The van der Waals surface area contributed by atoms with Gasteiger partial charge in [0.15, 0.2) is 0 Å². The molecule has 0 aromatic heterocycles. The Morgan fingerprint density at radius 1 is 1.60 bits per heavy atom. The number of rotatable bonds is 5. The summed E-state index contributed by atoms with van der Waals surface area (Å²) in [6.45, 7) is 7.96. The topological polar surface area (TPSA) is 39.5 Å². The zero-order valence-corrected chi connectivity index (χ0v) is 9.78. The Morgan fingerprint density at radius 2 is 2.40 bits per heavy atom. The second-order valence-corrected chi connectivity index (χ2v) is 4.06. The molecule has 1 rings (SSSR count). The minimum absolute atomic E-state index is 0.308. The zero-order chi connectivity index (χ0) is 11.1. The van der Waals surface area contributed by atoms with Gasteiger partial charge in [0.2, 0.25) is 0 Å². The minimum atomic E-state index is 0.308. The van der Waals surface area contributed by atoms with Crippen molar-refractivity contribution in [2.24, 2.45) is 0 Å². The first-order valence-electron chi connectivity index (χ1n) is 5.65. The van der Waals surface area contributed by atoms with E-state index in [9.17, 15) is 0 Å². The van der Waals surface area contributed by atoms with E-state index >= 15 is 0 Å². The van der Waals surface area contributed by atoms with Gasteiger partial charge in [-0.15, -0.1) is 0 Å². The van der Waals surface area contributed by atoms with Crippen LogP contribution in [-0.2, 0) is 4.74 Å². The highest BCUT2D eigenvalue weighted by molar-refractivity contribution is 4.76. The van der Waals surface area contributed by atoms with E-state index in [0.29, 0.717) is 12.5 Å². The van der Waals surface area contributed by atoms with Gasteiger partial charge in [0.25, 0.3) is 0 Å². The van der Waals surface area contributed by atoms with Crippen molar-refractivity contribution < 1.29 is 4.74 Å². The molecule has 1 saturated heterocycles. The van der Waals surface area contributed by atoms with E-state index in [-0.39, 0.29) is 0 Å². The Balaban J connectivity index is 2.22. The maximum Gasteiger partial charge on any atom is 0.0829 e. The predicted octanol–water partition coefficient (Wildman–Crippen LogP) is 0.553. The van der Waals surface area contributed by atoms with Crippen LogP contribution in [0.2, 0.25) is 0 Å². The normalized spacial score (nSPS) is 22.9. The largest absolute Gasteiger partial charge is 0.374 e. The molecule has 0 radical (unpaired) electrons. The maximum absolute atomic E-state index is 8.48. The third-order valence-electron chi connectivity index (χ3n) is 2.79. The number of hydrogen-bond acceptors (Lipinski definition) is 4. The molecule has 1 unspecified atom stereocenters. The fourth-order valence-corrected chi connectivity index (χ4v) is 1.86. The Kier molecular flexibility index (Phi) is 5.62. The van der Waals surface area contributed by atoms with Gasteiger partial charge < -0.3 is 9.64 Å². The van der Waals surface area contributed by atoms with E-state index in [1.807, 2.05) is 7.05 Å². The maximum atomic E-state index is 8.48. The predicted molar refractivity (Wildman–Crippen MR) is 59.6 cm³/mol. The molecule has 0 saturated carbocycles. The SMILES string of the molecule is CCN1CCOC(CN(C)CCC#N)C1. The first-order chi connectivity index (χ1) is 7.26. The molecule has 0 bridgehead atoms. The Bertz CT molecular complexity index is 214. The molecular formula is C11H21N3O. The number of morpholine rings is 1. The average molecular weight is 211 g/mol. The summed E-state index contributed by atoms with van der Waals surface area (Å²) in [5.74, 6) is 0. The van der Waals surface area contributed by atoms with Gasteiger partial charge in [-0.2, -0.15) is 5.26 Å². The van der Waals surface area contributed by atoms with Crippen LogP contribution in [0.1, 0.15) is 13.3 Å². The quantitative estimate of drug-likeness (QED) is 0.666. The Morgan fingerprint density at radius 3 is 3.07 bits per heavy atom. The van der Waals surface area contributed by atoms with Gasteiger partial charge in [0.1, 0.15) is 0 Å². The van der Waals surface area contributed by atoms with Crippen molar-refractivity contribution in [2.45, 2.75) is 19.4 Å². The lowest BCUT2D eigenvalue weighted by atomic mass is 10.2. The summed E-state index contributed by atoms with van der Waals surface area (Å²) in [6.07, 6.45) is 0.906. The molecule has 1 heterocycles. The van der Waals surface area contributed by atoms with E-state index in [1.165, 1.54) is 0 Å². The van der Waals surface area contributed by atoms with Gasteiger partial charge in [-0.05, 0) is 13.6 Å². The van der Waals surface area contributed by atoms with Crippen LogP contribution in [0.15, 0.2) is 0 Å². The molecule has 0 N–H and O–H groups in total. The highest BCUT2D eigenvalue weighted by Crippen LogP contribution is 2.06. The van der Waals surface area contributed by atoms with E-state index in [2.05, 4.69) is 22.8 Å². The van der Waals surface area contributed by atoms with E-state index in [1.54, 1.807) is 0 Å². The highest BCUT2D eigenvalue weighted by atomic mass is 16.5. The summed E-state index contributed by atoms with van der Waals surface area (Å²) in [6, 6.07) is 2.16. The molecule has 4 heteroatoms. The summed E-state index contributed by atoms with van der Waals surface area (Å²) in [4.78, 5) is 4.58. The van der Waals surface area contributed by atoms with Crippen LogP contribution in [-0.4, -0.2) is 62.3 Å². The fourth-order valence-electron chi connectivity index (χ4n) is 1.86. The number of hydrogen-bond donors (Lipinski definition) is 0. The lowest BCUT2D eigenvalue weighted by molar-refractivity contribution is -0.0386. The van der Waals surface area contributed by atoms with Crippen molar-refractivity contribution in [1.29, 1.82) is 5.26 Å². The van der Waals surface area contributed by atoms with E-state index in [4.69, 9.17) is 10.00 Å². The molecule has 15 heavy (non-hydrogen) atoms. The van der Waals surface area contributed by atoms with Gasteiger partial charge in [-0.1, -0.05) is 6.92 Å². The number of nitrogens with zero attached hydrogens (tertiary/aromatic N) is 3. The van der Waals surface area contributed by atoms with Gasteiger partial charge in [-0.25, -0.2) is 0 Å².